The molecule has 0 radical (unpaired) electrons. The number of anilines is 1. The number of carbonyl (C=O) groups excluding carboxylic acids is 1. The van der Waals surface area contributed by atoms with Crippen LogP contribution in [0.5, 0.6) is 0 Å². The zero-order chi connectivity index (χ0) is 9.97. The Morgan fingerprint density at radius 2 is 2.21 bits per heavy atom. The summed E-state index contributed by atoms with van der Waals surface area (Å²) in [6.07, 6.45) is 2.20. The lowest BCUT2D eigenvalue weighted by molar-refractivity contribution is -0.110. The third-order valence-electron chi connectivity index (χ3n) is 2.52. The van der Waals surface area contributed by atoms with Gasteiger partial charge >= 0.3 is 0 Å². The molecule has 1 heterocycles. The predicted molar refractivity (Wildman–Crippen MR) is 57.8 cm³/mol. The summed E-state index contributed by atoms with van der Waals surface area (Å²) >= 11 is 5.40. The van der Waals surface area contributed by atoms with E-state index >= 15 is 0 Å². The number of nitrogens with zero attached hydrogens (tertiary/aromatic N) is 1. The Bertz CT molecular complexity index is 351. The highest BCUT2D eigenvalue weighted by atomic mass is 35.5. The van der Waals surface area contributed by atoms with Crippen molar-refractivity contribution < 1.29 is 4.79 Å². The highest BCUT2D eigenvalue weighted by Crippen LogP contribution is 2.26. The fourth-order valence-electron chi connectivity index (χ4n) is 1.93. The molecule has 0 bridgehead atoms. The lowest BCUT2D eigenvalue weighted by atomic mass is 10.0. The maximum Gasteiger partial charge on any atom is 0.240 e. The molecule has 0 saturated heterocycles. The molecule has 0 N–H and O–H groups in total. The van der Waals surface area contributed by atoms with Crippen LogP contribution in [-0.2, 0) is 11.2 Å². The number of fused-ring (bicyclic) bond motifs is 1. The summed E-state index contributed by atoms with van der Waals surface area (Å²) in [4.78, 5) is 12.9. The minimum Gasteiger partial charge on any atom is -0.363 e. The van der Waals surface area contributed by atoms with Crippen LogP contribution in [-0.4, -0.2) is 18.3 Å². The van der Waals surface area contributed by atoms with Gasteiger partial charge in [0.25, 0.3) is 0 Å². The Kier molecular flexibility index (Phi) is 2.73. The third kappa shape index (κ3) is 1.90. The van der Waals surface area contributed by atoms with Gasteiger partial charge < -0.3 is 4.90 Å². The minimum absolute atomic E-state index is 0.290. The Labute approximate surface area is 88.5 Å². The molecule has 0 unspecified atom stereocenters. The first-order valence-corrected chi connectivity index (χ1v) is 5.16. The molecule has 2 rings (SSSR count). The zero-order valence-corrected chi connectivity index (χ0v) is 8.63. The first-order valence-electron chi connectivity index (χ1n) is 4.78. The van der Waals surface area contributed by atoms with E-state index < -0.39 is 0 Å². The van der Waals surface area contributed by atoms with Crippen molar-refractivity contribution in [2.24, 2.45) is 0 Å². The Morgan fingerprint density at radius 1 is 1.43 bits per heavy atom. The Hall–Kier alpha value is -1.02. The van der Waals surface area contributed by atoms with Crippen LogP contribution in [0.3, 0.4) is 0 Å². The second kappa shape index (κ2) is 4.01. The van der Waals surface area contributed by atoms with Gasteiger partial charge in [-0.25, -0.2) is 0 Å². The highest BCUT2D eigenvalue weighted by Gasteiger charge is 2.17. The first kappa shape index (κ1) is 9.53. The quantitative estimate of drug-likeness (QED) is 0.697. The molecule has 74 valence electrons. The van der Waals surface area contributed by atoms with E-state index in [4.69, 9.17) is 11.6 Å². The average Bonchev–Trinajstić information content (AvgIpc) is 2.18. The molecule has 0 fully saturated rings. The monoisotopic (exact) mass is 209 g/mol. The van der Waals surface area contributed by atoms with E-state index in [1.165, 1.54) is 5.56 Å². The summed E-state index contributed by atoms with van der Waals surface area (Å²) < 4.78 is 0. The zero-order valence-electron chi connectivity index (χ0n) is 7.87. The number of rotatable bonds is 2. The summed E-state index contributed by atoms with van der Waals surface area (Å²) in [5, 5.41) is -0.290. The molecule has 0 saturated carbocycles. The number of halogens is 1. The summed E-state index contributed by atoms with van der Waals surface area (Å²) in [5.41, 5.74) is 2.48. The van der Waals surface area contributed by atoms with E-state index in [1.54, 1.807) is 0 Å². The summed E-state index contributed by atoms with van der Waals surface area (Å²) in [6, 6.07) is 8.19. The molecule has 0 aromatic heterocycles. The fraction of sp³-hybridized carbons (Fsp3) is 0.364. The predicted octanol–water partition coefficient (Wildman–Crippen LogP) is 2.20. The summed E-state index contributed by atoms with van der Waals surface area (Å²) in [7, 11) is 0. The van der Waals surface area contributed by atoms with Gasteiger partial charge in [-0.15, -0.1) is 0 Å². The number of aryl methyl sites for hydroxylation is 1. The van der Waals surface area contributed by atoms with Gasteiger partial charge in [0.15, 0.2) is 0 Å². The Balaban J connectivity index is 2.26. The number of hydrogen-bond acceptors (Lipinski definition) is 2. The van der Waals surface area contributed by atoms with Crippen LogP contribution >= 0.6 is 11.6 Å². The van der Waals surface area contributed by atoms with Gasteiger partial charge in [-0.2, -0.15) is 0 Å². The number of para-hydroxylation sites is 1. The second-order valence-corrected chi connectivity index (χ2v) is 3.93. The molecular formula is C11H12ClNO. The summed E-state index contributed by atoms with van der Waals surface area (Å²) in [5.74, 6) is 0. The van der Waals surface area contributed by atoms with Crippen LogP contribution in [0.15, 0.2) is 24.3 Å². The molecule has 1 aliphatic heterocycles. The molecule has 0 aliphatic carbocycles. The van der Waals surface area contributed by atoms with Gasteiger partial charge in [0.2, 0.25) is 5.24 Å². The normalized spacial score (nSPS) is 15.1. The molecule has 0 atom stereocenters. The SMILES string of the molecule is O=C(Cl)CN1CCCc2ccccc21. The van der Waals surface area contributed by atoms with Crippen molar-refractivity contribution >= 4 is 22.5 Å². The minimum atomic E-state index is -0.290. The maximum absolute atomic E-state index is 10.8. The van der Waals surface area contributed by atoms with Crippen LogP contribution < -0.4 is 4.90 Å². The van der Waals surface area contributed by atoms with Crippen molar-refractivity contribution in [1.29, 1.82) is 0 Å². The molecule has 0 amide bonds. The van der Waals surface area contributed by atoms with Crippen molar-refractivity contribution in [2.75, 3.05) is 18.0 Å². The van der Waals surface area contributed by atoms with Crippen LogP contribution in [0.4, 0.5) is 5.69 Å². The number of hydrogen-bond donors (Lipinski definition) is 0. The fourth-order valence-corrected chi connectivity index (χ4v) is 2.07. The van der Waals surface area contributed by atoms with E-state index in [1.807, 2.05) is 23.1 Å². The molecule has 3 heteroatoms. The number of benzene rings is 1. The van der Waals surface area contributed by atoms with Gasteiger partial charge in [-0.1, -0.05) is 18.2 Å². The van der Waals surface area contributed by atoms with E-state index in [0.29, 0.717) is 6.54 Å². The van der Waals surface area contributed by atoms with Crippen LogP contribution in [0, 0.1) is 0 Å². The first-order chi connectivity index (χ1) is 6.77. The second-order valence-electron chi connectivity index (χ2n) is 3.51. The average molecular weight is 210 g/mol. The van der Waals surface area contributed by atoms with Crippen LogP contribution in [0.25, 0.3) is 0 Å². The van der Waals surface area contributed by atoms with Crippen molar-refractivity contribution in [1.82, 2.24) is 0 Å². The summed E-state index contributed by atoms with van der Waals surface area (Å²) in [6.45, 7) is 1.24. The maximum atomic E-state index is 10.8. The van der Waals surface area contributed by atoms with Crippen molar-refractivity contribution in [3.8, 4) is 0 Å². The largest absolute Gasteiger partial charge is 0.363 e. The lowest BCUT2D eigenvalue weighted by Gasteiger charge is -2.29. The molecule has 2 nitrogen and oxygen atoms in total. The molecule has 1 aromatic rings. The van der Waals surface area contributed by atoms with E-state index in [2.05, 4.69) is 6.07 Å². The molecule has 1 aromatic carbocycles. The van der Waals surface area contributed by atoms with Gasteiger partial charge in [0.1, 0.15) is 0 Å². The topological polar surface area (TPSA) is 20.3 Å². The van der Waals surface area contributed by atoms with Crippen molar-refractivity contribution in [3.63, 3.8) is 0 Å². The van der Waals surface area contributed by atoms with E-state index in [0.717, 1.165) is 25.1 Å². The third-order valence-corrected chi connectivity index (χ3v) is 2.64. The molecule has 0 spiro atoms. The lowest BCUT2D eigenvalue weighted by Crippen LogP contribution is -2.32. The molecular weight excluding hydrogens is 198 g/mol. The molecule has 14 heavy (non-hydrogen) atoms. The van der Waals surface area contributed by atoms with Crippen LogP contribution in [0.2, 0.25) is 0 Å². The Morgan fingerprint density at radius 3 is 3.00 bits per heavy atom. The number of carbonyl (C=O) groups is 1. The van der Waals surface area contributed by atoms with Crippen molar-refractivity contribution in [2.45, 2.75) is 12.8 Å². The standard InChI is InChI=1S/C11H12ClNO/c12-11(14)8-13-7-3-5-9-4-1-2-6-10(9)13/h1-2,4,6H,3,5,7-8H2. The molecule has 1 aliphatic rings. The highest BCUT2D eigenvalue weighted by molar-refractivity contribution is 6.64. The van der Waals surface area contributed by atoms with E-state index in [9.17, 15) is 4.79 Å². The smallest absolute Gasteiger partial charge is 0.240 e. The van der Waals surface area contributed by atoms with E-state index in [-0.39, 0.29) is 5.24 Å². The van der Waals surface area contributed by atoms with Gasteiger partial charge in [0.05, 0.1) is 6.54 Å². The van der Waals surface area contributed by atoms with Gasteiger partial charge in [-0.05, 0) is 36.1 Å². The van der Waals surface area contributed by atoms with Crippen LogP contribution in [0.1, 0.15) is 12.0 Å². The van der Waals surface area contributed by atoms with Gasteiger partial charge in [-0.3, -0.25) is 4.79 Å². The van der Waals surface area contributed by atoms with Crippen molar-refractivity contribution in [3.05, 3.63) is 29.8 Å². The van der Waals surface area contributed by atoms with Gasteiger partial charge in [0, 0.05) is 12.2 Å².